The average Bonchev–Trinajstić information content (AvgIpc) is 3.34. The first kappa shape index (κ1) is 18.0. The Kier molecular flexibility index (Phi) is 4.60. The number of benzene rings is 2. The molecule has 0 spiro atoms. The van der Waals surface area contributed by atoms with Crippen molar-refractivity contribution in [3.05, 3.63) is 81.7 Å². The van der Waals surface area contributed by atoms with Gasteiger partial charge in [-0.1, -0.05) is 12.1 Å². The van der Waals surface area contributed by atoms with Crippen molar-refractivity contribution in [2.45, 2.75) is 26.3 Å². The van der Waals surface area contributed by atoms with Gasteiger partial charge in [0.05, 0.1) is 12.7 Å². The molecule has 29 heavy (non-hydrogen) atoms. The molecule has 0 aliphatic carbocycles. The molecule has 0 saturated heterocycles. The minimum absolute atomic E-state index is 0.0399. The van der Waals surface area contributed by atoms with E-state index in [9.17, 15) is 4.79 Å². The van der Waals surface area contributed by atoms with Crippen molar-refractivity contribution >= 4 is 39.6 Å². The molecule has 1 N–H and O–H groups in total. The van der Waals surface area contributed by atoms with E-state index in [4.69, 9.17) is 4.42 Å². The lowest BCUT2D eigenvalue weighted by molar-refractivity contribution is -0.115. The van der Waals surface area contributed by atoms with E-state index in [1.54, 1.807) is 6.26 Å². The number of amides is 1. The maximum Gasteiger partial charge on any atom is 0.228 e. The number of aryl methyl sites for hydroxylation is 1. The molecule has 4 aromatic rings. The predicted molar refractivity (Wildman–Crippen MR) is 119 cm³/mol. The number of furan rings is 1. The lowest BCUT2D eigenvalue weighted by Crippen LogP contribution is -2.29. The van der Waals surface area contributed by atoms with E-state index in [0.717, 1.165) is 47.3 Å². The van der Waals surface area contributed by atoms with Crippen molar-refractivity contribution in [1.29, 1.82) is 0 Å². The zero-order chi connectivity index (χ0) is 19.8. The van der Waals surface area contributed by atoms with Crippen LogP contribution in [-0.2, 0) is 24.2 Å². The Morgan fingerprint density at radius 3 is 2.90 bits per heavy atom. The van der Waals surface area contributed by atoms with Gasteiger partial charge in [0.2, 0.25) is 5.91 Å². The molecular weight excluding hydrogens is 380 g/mol. The van der Waals surface area contributed by atoms with Crippen LogP contribution < -0.4 is 10.2 Å². The first-order valence-electron chi connectivity index (χ1n) is 9.82. The zero-order valence-electron chi connectivity index (χ0n) is 16.3. The summed E-state index contributed by atoms with van der Waals surface area (Å²) >= 11 is 1.85. The summed E-state index contributed by atoms with van der Waals surface area (Å²) in [6, 6.07) is 16.4. The number of hydrogen-bond donors (Lipinski definition) is 1. The topological polar surface area (TPSA) is 45.5 Å². The number of anilines is 2. The van der Waals surface area contributed by atoms with E-state index >= 15 is 0 Å². The van der Waals surface area contributed by atoms with Crippen molar-refractivity contribution < 1.29 is 9.21 Å². The fourth-order valence-corrected chi connectivity index (χ4v) is 4.82. The molecule has 1 amide bonds. The summed E-state index contributed by atoms with van der Waals surface area (Å²) in [5, 5.41) is 6.18. The van der Waals surface area contributed by atoms with Crippen molar-refractivity contribution in [2.75, 3.05) is 16.8 Å². The van der Waals surface area contributed by atoms with E-state index in [0.29, 0.717) is 6.42 Å². The van der Waals surface area contributed by atoms with Crippen molar-refractivity contribution in [3.8, 4) is 0 Å². The first-order valence-corrected chi connectivity index (χ1v) is 10.7. The molecule has 2 aromatic heterocycles. The molecule has 0 bridgehead atoms. The third-order valence-corrected chi connectivity index (χ3v) is 6.51. The number of thiophene rings is 1. The third kappa shape index (κ3) is 3.66. The van der Waals surface area contributed by atoms with Crippen LogP contribution in [0.3, 0.4) is 0 Å². The second-order valence-corrected chi connectivity index (χ2v) is 8.57. The number of carbonyl (C=O) groups excluding carboxylic acids is 1. The molecular formula is C24H22N2O2S. The number of carbonyl (C=O) groups is 1. The third-order valence-electron chi connectivity index (χ3n) is 5.49. The summed E-state index contributed by atoms with van der Waals surface area (Å²) < 4.78 is 5.60. The van der Waals surface area contributed by atoms with Gasteiger partial charge in [0.15, 0.2) is 0 Å². The maximum absolute atomic E-state index is 12.5. The van der Waals surface area contributed by atoms with Crippen LogP contribution in [0.1, 0.15) is 21.6 Å². The fourth-order valence-electron chi connectivity index (χ4n) is 3.93. The molecule has 3 heterocycles. The van der Waals surface area contributed by atoms with Crippen LogP contribution in [0.25, 0.3) is 11.0 Å². The second-order valence-electron chi connectivity index (χ2n) is 7.57. The molecule has 0 unspecified atom stereocenters. The zero-order valence-corrected chi connectivity index (χ0v) is 17.1. The monoisotopic (exact) mass is 402 g/mol. The van der Waals surface area contributed by atoms with E-state index < -0.39 is 0 Å². The van der Waals surface area contributed by atoms with Crippen LogP contribution in [0.2, 0.25) is 0 Å². The van der Waals surface area contributed by atoms with Gasteiger partial charge in [-0.05, 0) is 66.2 Å². The normalized spacial score (nSPS) is 13.5. The number of fused-ring (bicyclic) bond motifs is 2. The highest BCUT2D eigenvalue weighted by Crippen LogP contribution is 2.28. The van der Waals surface area contributed by atoms with E-state index in [-0.39, 0.29) is 5.91 Å². The van der Waals surface area contributed by atoms with Crippen molar-refractivity contribution in [1.82, 2.24) is 0 Å². The van der Waals surface area contributed by atoms with Gasteiger partial charge in [0.1, 0.15) is 5.58 Å². The second kappa shape index (κ2) is 7.41. The minimum Gasteiger partial charge on any atom is -0.464 e. The highest BCUT2D eigenvalue weighted by atomic mass is 32.1. The number of nitrogens with zero attached hydrogens (tertiary/aromatic N) is 1. The highest BCUT2D eigenvalue weighted by molar-refractivity contribution is 7.10. The van der Waals surface area contributed by atoms with E-state index in [2.05, 4.69) is 33.8 Å². The van der Waals surface area contributed by atoms with Gasteiger partial charge >= 0.3 is 0 Å². The molecule has 1 aliphatic rings. The molecule has 4 nitrogen and oxygen atoms in total. The van der Waals surface area contributed by atoms with Crippen molar-refractivity contribution in [3.63, 3.8) is 0 Å². The van der Waals surface area contributed by atoms with Gasteiger partial charge < -0.3 is 14.6 Å². The van der Waals surface area contributed by atoms with E-state index in [1.807, 2.05) is 48.6 Å². The first-order chi connectivity index (χ1) is 14.2. The predicted octanol–water partition coefficient (Wildman–Crippen LogP) is 5.55. The van der Waals surface area contributed by atoms with Gasteiger partial charge in [-0.3, -0.25) is 4.79 Å². The lowest BCUT2D eigenvalue weighted by atomic mass is 10.1. The number of hydrogen-bond acceptors (Lipinski definition) is 4. The molecule has 1 aliphatic heterocycles. The summed E-state index contributed by atoms with van der Waals surface area (Å²) in [7, 11) is 0. The maximum atomic E-state index is 12.5. The summed E-state index contributed by atoms with van der Waals surface area (Å²) in [5.41, 5.74) is 6.32. The van der Waals surface area contributed by atoms with Crippen LogP contribution in [-0.4, -0.2) is 12.5 Å². The molecule has 2 aromatic carbocycles. The van der Waals surface area contributed by atoms with Gasteiger partial charge in [-0.15, -0.1) is 11.3 Å². The number of rotatable bonds is 4. The van der Waals surface area contributed by atoms with Gasteiger partial charge in [-0.25, -0.2) is 0 Å². The summed E-state index contributed by atoms with van der Waals surface area (Å²) in [6.07, 6.45) is 3.08. The Labute approximate surface area is 173 Å². The largest absolute Gasteiger partial charge is 0.464 e. The Morgan fingerprint density at radius 1 is 1.17 bits per heavy atom. The standard InChI is InChI=1S/C24H22N2O2S/c1-16-2-7-21-18(15-28-22(21)12-16)13-24(27)25-19-3-5-20(6-4-19)26-10-8-23-17(14-26)9-11-29-23/h2-7,9,11-12,15H,8,10,13-14H2,1H3,(H,25,27). The van der Waals surface area contributed by atoms with E-state index in [1.165, 1.54) is 16.1 Å². The molecule has 0 fully saturated rings. The van der Waals surface area contributed by atoms with Gasteiger partial charge in [-0.2, -0.15) is 0 Å². The van der Waals surface area contributed by atoms with Crippen LogP contribution in [0.5, 0.6) is 0 Å². The Bertz CT molecular complexity index is 1170. The Morgan fingerprint density at radius 2 is 2.03 bits per heavy atom. The molecule has 146 valence electrons. The molecule has 0 saturated carbocycles. The van der Waals surface area contributed by atoms with Gasteiger partial charge in [0, 0.05) is 40.3 Å². The number of nitrogens with one attached hydrogen (secondary N) is 1. The minimum atomic E-state index is -0.0399. The van der Waals surface area contributed by atoms with Crippen LogP contribution in [0, 0.1) is 6.92 Å². The summed E-state index contributed by atoms with van der Waals surface area (Å²) in [5.74, 6) is -0.0399. The summed E-state index contributed by atoms with van der Waals surface area (Å²) in [4.78, 5) is 16.4. The van der Waals surface area contributed by atoms with Crippen LogP contribution in [0.4, 0.5) is 11.4 Å². The van der Waals surface area contributed by atoms with Crippen LogP contribution >= 0.6 is 11.3 Å². The molecule has 0 radical (unpaired) electrons. The Balaban J connectivity index is 1.24. The Hall–Kier alpha value is -3.05. The van der Waals surface area contributed by atoms with Crippen LogP contribution in [0.15, 0.2) is 64.6 Å². The molecule has 5 rings (SSSR count). The smallest absolute Gasteiger partial charge is 0.228 e. The molecule has 5 heteroatoms. The quantitative estimate of drug-likeness (QED) is 0.487. The van der Waals surface area contributed by atoms with Gasteiger partial charge in [0.25, 0.3) is 0 Å². The average molecular weight is 403 g/mol. The summed E-state index contributed by atoms with van der Waals surface area (Å²) in [6.45, 7) is 4.02. The highest BCUT2D eigenvalue weighted by Gasteiger charge is 2.17. The molecule has 0 atom stereocenters. The van der Waals surface area contributed by atoms with Crippen molar-refractivity contribution in [2.24, 2.45) is 0 Å². The lowest BCUT2D eigenvalue weighted by Gasteiger charge is -2.29. The SMILES string of the molecule is Cc1ccc2c(CC(=O)Nc3ccc(N4CCc5sccc5C4)cc3)coc2c1. The fraction of sp³-hybridized carbons (Fsp3) is 0.208.